The Bertz CT molecular complexity index is 2200. The van der Waals surface area contributed by atoms with Crippen molar-refractivity contribution in [1.82, 2.24) is 24.8 Å². The first-order valence-electron chi connectivity index (χ1n) is 16.3. The van der Waals surface area contributed by atoms with Crippen molar-refractivity contribution in [3.05, 3.63) is 71.1 Å². The maximum Gasteiger partial charge on any atom is 0.308 e. The molecule has 52 heavy (non-hydrogen) atoms. The van der Waals surface area contributed by atoms with E-state index in [1.165, 1.54) is 31.7 Å². The number of fused-ring (bicyclic) bond motifs is 2. The van der Waals surface area contributed by atoms with Gasteiger partial charge in [-0.2, -0.15) is 0 Å². The number of esters is 1. The molecule has 3 aromatic carbocycles. The number of ether oxygens (including phenoxy) is 3. The van der Waals surface area contributed by atoms with E-state index in [0.717, 1.165) is 39.3 Å². The molecule has 0 spiro atoms. The first-order valence-corrected chi connectivity index (χ1v) is 22.2. The second kappa shape index (κ2) is 17.0. The van der Waals surface area contributed by atoms with Crippen LogP contribution in [0.2, 0.25) is 10.2 Å². The molecule has 6 rings (SSSR count). The van der Waals surface area contributed by atoms with Gasteiger partial charge in [0.25, 0.3) is 0 Å². The molecule has 2 aromatic heterocycles. The maximum atomic E-state index is 13.5. The molecule has 0 aliphatic carbocycles. The van der Waals surface area contributed by atoms with Gasteiger partial charge in [-0.05, 0) is 75.5 Å². The molecule has 3 heterocycles. The summed E-state index contributed by atoms with van der Waals surface area (Å²) in [6.07, 6.45) is 3.61. The van der Waals surface area contributed by atoms with Gasteiger partial charge in [0, 0.05) is 43.0 Å². The summed E-state index contributed by atoms with van der Waals surface area (Å²) in [6, 6.07) is 11.2. The lowest BCUT2D eigenvalue weighted by molar-refractivity contribution is -0.131. The zero-order valence-corrected chi connectivity index (χ0v) is 32.7. The van der Waals surface area contributed by atoms with Crippen molar-refractivity contribution in [3.8, 4) is 11.5 Å². The van der Waals surface area contributed by atoms with Crippen LogP contribution in [0.15, 0.2) is 55.1 Å². The Morgan fingerprint density at radius 1 is 0.885 bits per heavy atom. The van der Waals surface area contributed by atoms with Crippen LogP contribution in [0.3, 0.4) is 0 Å². The molecule has 0 saturated carbocycles. The van der Waals surface area contributed by atoms with Gasteiger partial charge in [-0.15, -0.1) is 0 Å². The molecule has 0 atom stereocenters. The topological polar surface area (TPSA) is 146 Å². The van der Waals surface area contributed by atoms with Gasteiger partial charge in [-0.25, -0.2) is 24.3 Å². The quantitative estimate of drug-likeness (QED) is 0.0513. The number of carbonyl (C=O) groups is 1. The molecule has 0 bridgehead atoms. The third-order valence-corrected chi connectivity index (χ3v) is 11.6. The Labute approximate surface area is 311 Å². The van der Waals surface area contributed by atoms with Gasteiger partial charge >= 0.3 is 5.97 Å². The third-order valence-electron chi connectivity index (χ3n) is 7.96. The summed E-state index contributed by atoms with van der Waals surface area (Å²) in [5.74, 6) is 0.350. The van der Waals surface area contributed by atoms with Crippen LogP contribution in [0.1, 0.15) is 13.3 Å². The molecule has 0 amide bonds. The SMILES string of the molecule is CC(=O)Oc1cc2c(Cl)ncnc2cc1P(C)(C)=O.CP(C)(=O)c1cc2ncnc(Nc3ccc(F)c(Cl)c3)c2cc1OCCCN1CCOCC1. The molecule has 1 aliphatic rings. The summed E-state index contributed by atoms with van der Waals surface area (Å²) in [4.78, 5) is 30.1. The Hall–Kier alpha value is -3.70. The minimum atomic E-state index is -2.62. The first-order chi connectivity index (χ1) is 24.6. The standard InChI is InChI=1S/C23H27ClFN4O3P.C12H12ClN2O3P/c1-33(2,30)22-14-20-17(13-21(22)32-9-3-6-29-7-10-31-11-8-29)23(27-15-26-20)28-16-4-5-19(25)18(24)12-16;1-7(16)18-10-4-8-9(14-6-15-12(8)13)5-11(10)19(2,3)17/h4-5,12-15H,3,6-11H2,1-2H3,(H,26,27,28);4-6H,1-3H3. The number of hydrogen-bond acceptors (Lipinski definition) is 12. The molecule has 12 nitrogen and oxygen atoms in total. The van der Waals surface area contributed by atoms with E-state index in [4.69, 9.17) is 37.4 Å². The predicted molar refractivity (Wildman–Crippen MR) is 206 cm³/mol. The number of aromatic nitrogens is 4. The molecular formula is C35H39Cl2FN6O6P2. The average molecular weight is 792 g/mol. The van der Waals surface area contributed by atoms with Crippen LogP contribution in [0, 0.1) is 5.82 Å². The summed E-state index contributed by atoms with van der Waals surface area (Å²) in [7, 11) is -5.23. The average Bonchev–Trinajstić information content (AvgIpc) is 3.08. The largest absolute Gasteiger partial charge is 0.493 e. The summed E-state index contributed by atoms with van der Waals surface area (Å²) in [6.45, 7) is 12.7. The lowest BCUT2D eigenvalue weighted by Crippen LogP contribution is -2.37. The molecule has 1 saturated heterocycles. The molecular weight excluding hydrogens is 752 g/mol. The monoisotopic (exact) mass is 790 g/mol. The second-order valence-corrected chi connectivity index (χ2v) is 19.9. The fraction of sp³-hybridized carbons (Fsp3) is 0.343. The highest BCUT2D eigenvalue weighted by Crippen LogP contribution is 2.42. The third kappa shape index (κ3) is 10.2. The maximum absolute atomic E-state index is 13.5. The van der Waals surface area contributed by atoms with E-state index < -0.39 is 26.1 Å². The van der Waals surface area contributed by atoms with Crippen LogP contribution in [0.4, 0.5) is 15.9 Å². The number of benzene rings is 3. The van der Waals surface area contributed by atoms with Crippen LogP contribution in [0.5, 0.6) is 11.5 Å². The van der Waals surface area contributed by atoms with Crippen molar-refractivity contribution >= 4 is 87.4 Å². The second-order valence-electron chi connectivity index (χ2n) is 12.8. The number of anilines is 2. The molecule has 17 heteroatoms. The summed E-state index contributed by atoms with van der Waals surface area (Å²) < 4.78 is 55.4. The Morgan fingerprint density at radius 2 is 1.50 bits per heavy atom. The number of halogens is 3. The van der Waals surface area contributed by atoms with Gasteiger partial charge < -0.3 is 28.7 Å². The van der Waals surface area contributed by atoms with Crippen molar-refractivity contribution < 1.29 is 32.5 Å². The Kier molecular flexibility index (Phi) is 12.9. The van der Waals surface area contributed by atoms with Gasteiger partial charge in [0.15, 0.2) is 0 Å². The van der Waals surface area contributed by atoms with Gasteiger partial charge in [0.05, 0.1) is 46.5 Å². The van der Waals surface area contributed by atoms with Crippen LogP contribution in [0.25, 0.3) is 21.8 Å². The Balaban J connectivity index is 0.000000233. The zero-order valence-electron chi connectivity index (χ0n) is 29.4. The van der Waals surface area contributed by atoms with E-state index >= 15 is 0 Å². The van der Waals surface area contributed by atoms with Crippen molar-refractivity contribution in [3.63, 3.8) is 0 Å². The fourth-order valence-corrected chi connectivity index (χ4v) is 7.95. The number of carbonyl (C=O) groups excluding carboxylic acids is 1. The molecule has 0 radical (unpaired) electrons. The molecule has 1 N–H and O–H groups in total. The predicted octanol–water partition coefficient (Wildman–Crippen LogP) is 6.97. The summed E-state index contributed by atoms with van der Waals surface area (Å²) in [5, 5.41) is 5.81. The van der Waals surface area contributed by atoms with Gasteiger partial charge in [0.1, 0.15) is 55.2 Å². The highest BCUT2D eigenvalue weighted by atomic mass is 35.5. The normalized spacial score (nSPS) is 13.8. The number of nitrogens with one attached hydrogen (secondary N) is 1. The van der Waals surface area contributed by atoms with E-state index in [9.17, 15) is 18.3 Å². The molecule has 5 aromatic rings. The minimum Gasteiger partial charge on any atom is -0.493 e. The van der Waals surface area contributed by atoms with E-state index in [1.807, 2.05) is 6.07 Å². The van der Waals surface area contributed by atoms with E-state index in [-0.39, 0.29) is 15.9 Å². The van der Waals surface area contributed by atoms with Gasteiger partial charge in [0.2, 0.25) is 0 Å². The van der Waals surface area contributed by atoms with E-state index in [0.29, 0.717) is 56.3 Å². The number of rotatable bonds is 10. The number of morpholine rings is 1. The van der Waals surface area contributed by atoms with Crippen molar-refractivity contribution in [2.45, 2.75) is 13.3 Å². The molecule has 0 unspecified atom stereocenters. The van der Waals surface area contributed by atoms with Crippen molar-refractivity contribution in [1.29, 1.82) is 0 Å². The first kappa shape index (κ1) is 39.5. The van der Waals surface area contributed by atoms with E-state index in [1.54, 1.807) is 50.9 Å². The number of nitrogens with zero attached hydrogens (tertiary/aromatic N) is 5. The van der Waals surface area contributed by atoms with Crippen LogP contribution >= 0.6 is 37.5 Å². The zero-order chi connectivity index (χ0) is 37.6. The molecule has 1 aliphatic heterocycles. The summed E-state index contributed by atoms with van der Waals surface area (Å²) >= 11 is 11.9. The van der Waals surface area contributed by atoms with Crippen LogP contribution in [-0.2, 0) is 18.7 Å². The van der Waals surface area contributed by atoms with Crippen molar-refractivity contribution in [2.24, 2.45) is 0 Å². The number of hydrogen-bond donors (Lipinski definition) is 1. The fourth-order valence-electron chi connectivity index (χ4n) is 5.41. The minimum absolute atomic E-state index is 0.0165. The van der Waals surface area contributed by atoms with Gasteiger partial charge in [-0.1, -0.05) is 23.2 Å². The molecule has 1 fully saturated rings. The van der Waals surface area contributed by atoms with E-state index in [2.05, 4.69) is 30.2 Å². The van der Waals surface area contributed by atoms with Crippen LogP contribution in [-0.4, -0.2) is 96.9 Å². The van der Waals surface area contributed by atoms with Crippen molar-refractivity contribution in [2.75, 3.05) is 71.4 Å². The molecule has 276 valence electrons. The highest BCUT2D eigenvalue weighted by molar-refractivity contribution is 7.70. The summed E-state index contributed by atoms with van der Waals surface area (Å²) in [5.41, 5.74) is 1.80. The smallest absolute Gasteiger partial charge is 0.308 e. The lowest BCUT2D eigenvalue weighted by atomic mass is 10.2. The highest BCUT2D eigenvalue weighted by Gasteiger charge is 2.22. The lowest BCUT2D eigenvalue weighted by Gasteiger charge is -2.26. The van der Waals surface area contributed by atoms with Crippen LogP contribution < -0.4 is 25.4 Å². The Morgan fingerprint density at radius 3 is 2.13 bits per heavy atom. The van der Waals surface area contributed by atoms with Gasteiger partial charge in [-0.3, -0.25) is 9.69 Å².